The molecular formula is C10H11N3O4. The van der Waals surface area contributed by atoms with Gasteiger partial charge in [-0.3, -0.25) is 0 Å². The van der Waals surface area contributed by atoms with E-state index in [0.717, 1.165) is 6.42 Å². The number of amides is 1. The van der Waals surface area contributed by atoms with E-state index < -0.39 is 12.1 Å². The Hall–Kier alpha value is -2.18. The fraction of sp³-hybridized carbons (Fsp3) is 0.400. The Morgan fingerprint density at radius 3 is 3.12 bits per heavy atom. The molecule has 2 heterocycles. The number of hydrogen-bond acceptors (Lipinski definition) is 5. The normalized spacial score (nSPS) is 15.5. The van der Waals surface area contributed by atoms with Crippen molar-refractivity contribution >= 4 is 12.1 Å². The third kappa shape index (κ3) is 2.68. The summed E-state index contributed by atoms with van der Waals surface area (Å²) in [4.78, 5) is 31.3. The maximum atomic E-state index is 11.3. The maximum Gasteiger partial charge on any atom is 0.410 e. The average molecular weight is 237 g/mol. The Morgan fingerprint density at radius 1 is 1.59 bits per heavy atom. The Balaban J connectivity index is 2.09. The lowest BCUT2D eigenvalue weighted by atomic mass is 10.3. The minimum absolute atomic E-state index is 0.0830. The van der Waals surface area contributed by atoms with E-state index >= 15 is 0 Å². The molecule has 1 saturated heterocycles. The van der Waals surface area contributed by atoms with Gasteiger partial charge in [0.1, 0.15) is 5.82 Å². The summed E-state index contributed by atoms with van der Waals surface area (Å²) in [6, 6.07) is 1.31. The average Bonchev–Trinajstić information content (AvgIpc) is 2.32. The Kier molecular flexibility index (Phi) is 3.17. The summed E-state index contributed by atoms with van der Waals surface area (Å²) in [5, 5.41) is 8.77. The van der Waals surface area contributed by atoms with Crippen LogP contribution < -0.4 is 0 Å². The van der Waals surface area contributed by atoms with Crippen molar-refractivity contribution < 1.29 is 19.4 Å². The number of carbonyl (C=O) groups is 2. The highest BCUT2D eigenvalue weighted by atomic mass is 16.6. The molecule has 1 aromatic heterocycles. The van der Waals surface area contributed by atoms with Crippen LogP contribution in [-0.2, 0) is 11.3 Å². The number of cyclic esters (lactones) is 1. The summed E-state index contributed by atoms with van der Waals surface area (Å²) in [7, 11) is 0. The zero-order chi connectivity index (χ0) is 12.3. The van der Waals surface area contributed by atoms with Crippen molar-refractivity contribution in [3.05, 3.63) is 23.8 Å². The first kappa shape index (κ1) is 11.3. The highest BCUT2D eigenvalue weighted by Gasteiger charge is 2.20. The third-order valence-corrected chi connectivity index (χ3v) is 2.31. The second-order valence-electron chi connectivity index (χ2n) is 3.55. The van der Waals surface area contributed by atoms with Crippen LogP contribution in [-0.4, -0.2) is 45.2 Å². The number of ether oxygens (including phenoxy) is 1. The zero-order valence-corrected chi connectivity index (χ0v) is 9.00. The second kappa shape index (κ2) is 4.77. The molecule has 1 amide bonds. The number of aromatic nitrogens is 2. The highest BCUT2D eigenvalue weighted by molar-refractivity contribution is 5.85. The SMILES string of the molecule is O=C(O)c1ccnc(CN2CCCOC2=O)n1. The van der Waals surface area contributed by atoms with E-state index in [1.807, 2.05) is 0 Å². The van der Waals surface area contributed by atoms with Crippen molar-refractivity contribution in [1.29, 1.82) is 0 Å². The molecule has 17 heavy (non-hydrogen) atoms. The van der Waals surface area contributed by atoms with Gasteiger partial charge in [-0.2, -0.15) is 0 Å². The van der Waals surface area contributed by atoms with Crippen molar-refractivity contribution in [3.8, 4) is 0 Å². The van der Waals surface area contributed by atoms with Crippen molar-refractivity contribution in [3.63, 3.8) is 0 Å². The molecule has 7 nitrogen and oxygen atoms in total. The second-order valence-corrected chi connectivity index (χ2v) is 3.55. The monoisotopic (exact) mass is 237 g/mol. The van der Waals surface area contributed by atoms with E-state index in [1.165, 1.54) is 17.2 Å². The third-order valence-electron chi connectivity index (χ3n) is 2.31. The van der Waals surface area contributed by atoms with Gasteiger partial charge in [0, 0.05) is 12.7 Å². The van der Waals surface area contributed by atoms with Crippen LogP contribution >= 0.6 is 0 Å². The predicted octanol–water partition coefficient (Wildman–Crippen LogP) is 0.517. The largest absolute Gasteiger partial charge is 0.477 e. The molecule has 2 rings (SSSR count). The molecule has 1 fully saturated rings. The molecule has 0 atom stereocenters. The number of nitrogens with zero attached hydrogens (tertiary/aromatic N) is 3. The number of carboxylic acid groups (broad SMARTS) is 1. The molecule has 1 aliphatic rings. The summed E-state index contributed by atoms with van der Waals surface area (Å²) in [5.74, 6) is -0.821. The van der Waals surface area contributed by atoms with E-state index in [0.29, 0.717) is 19.0 Å². The standard InChI is InChI=1S/C10H11N3O4/c14-9(15)7-2-3-11-8(12-7)6-13-4-1-5-17-10(13)16/h2-3H,1,4-6H2,(H,14,15). The molecule has 0 unspecified atom stereocenters. The number of carbonyl (C=O) groups excluding carboxylic acids is 1. The molecule has 0 radical (unpaired) electrons. The first-order valence-corrected chi connectivity index (χ1v) is 5.14. The van der Waals surface area contributed by atoms with Gasteiger partial charge < -0.3 is 14.7 Å². The summed E-state index contributed by atoms with van der Waals surface area (Å²) in [5.41, 5.74) is -0.0830. The molecule has 0 aliphatic carbocycles. The minimum Gasteiger partial charge on any atom is -0.477 e. The van der Waals surface area contributed by atoms with Gasteiger partial charge in [0.05, 0.1) is 13.2 Å². The van der Waals surface area contributed by atoms with Crippen molar-refractivity contribution in [2.45, 2.75) is 13.0 Å². The van der Waals surface area contributed by atoms with Crippen molar-refractivity contribution in [2.75, 3.05) is 13.2 Å². The van der Waals surface area contributed by atoms with E-state index in [4.69, 9.17) is 9.84 Å². The van der Waals surface area contributed by atoms with E-state index in [2.05, 4.69) is 9.97 Å². The van der Waals surface area contributed by atoms with E-state index in [9.17, 15) is 9.59 Å². The first-order valence-electron chi connectivity index (χ1n) is 5.14. The lowest BCUT2D eigenvalue weighted by molar-refractivity contribution is 0.0682. The Labute approximate surface area is 97.0 Å². The molecule has 7 heteroatoms. The quantitative estimate of drug-likeness (QED) is 0.823. The molecule has 90 valence electrons. The molecule has 0 saturated carbocycles. The van der Waals surface area contributed by atoms with Crippen molar-refractivity contribution in [2.24, 2.45) is 0 Å². The Bertz CT molecular complexity index is 449. The fourth-order valence-corrected chi connectivity index (χ4v) is 1.51. The Morgan fingerprint density at radius 2 is 2.41 bits per heavy atom. The van der Waals surface area contributed by atoms with Gasteiger partial charge in [-0.25, -0.2) is 19.6 Å². The van der Waals surface area contributed by atoms with Gasteiger partial charge in [-0.05, 0) is 12.5 Å². The van der Waals surface area contributed by atoms with Crippen LogP contribution in [0.5, 0.6) is 0 Å². The number of carboxylic acids is 1. The van der Waals surface area contributed by atoms with Crippen LogP contribution in [0, 0.1) is 0 Å². The molecule has 0 bridgehead atoms. The molecule has 0 aromatic carbocycles. The van der Waals surface area contributed by atoms with Gasteiger partial charge in [-0.15, -0.1) is 0 Å². The van der Waals surface area contributed by atoms with Gasteiger partial charge >= 0.3 is 12.1 Å². The smallest absolute Gasteiger partial charge is 0.410 e. The van der Waals surface area contributed by atoms with Crippen LogP contribution in [0.1, 0.15) is 22.7 Å². The first-order chi connectivity index (χ1) is 8.16. The molecule has 0 spiro atoms. The molecule has 1 aliphatic heterocycles. The lowest BCUT2D eigenvalue weighted by Gasteiger charge is -2.25. The van der Waals surface area contributed by atoms with E-state index in [-0.39, 0.29) is 12.2 Å². The molecule has 1 N–H and O–H groups in total. The number of hydrogen-bond donors (Lipinski definition) is 1. The summed E-state index contributed by atoms with van der Waals surface area (Å²) in [6.45, 7) is 1.16. The highest BCUT2D eigenvalue weighted by Crippen LogP contribution is 2.08. The fourth-order valence-electron chi connectivity index (χ4n) is 1.51. The number of rotatable bonds is 3. The van der Waals surface area contributed by atoms with Gasteiger partial charge in [0.25, 0.3) is 0 Å². The van der Waals surface area contributed by atoms with Crippen molar-refractivity contribution in [1.82, 2.24) is 14.9 Å². The van der Waals surface area contributed by atoms with Crippen LogP contribution in [0.4, 0.5) is 4.79 Å². The molecular weight excluding hydrogens is 226 g/mol. The summed E-state index contributed by atoms with van der Waals surface area (Å²) < 4.78 is 4.86. The van der Waals surface area contributed by atoms with Gasteiger partial charge in [0.2, 0.25) is 0 Å². The topological polar surface area (TPSA) is 92.6 Å². The summed E-state index contributed by atoms with van der Waals surface area (Å²) in [6.07, 6.45) is 1.70. The van der Waals surface area contributed by atoms with Crippen LogP contribution in [0.15, 0.2) is 12.3 Å². The maximum absolute atomic E-state index is 11.3. The van der Waals surface area contributed by atoms with Crippen LogP contribution in [0.25, 0.3) is 0 Å². The van der Waals surface area contributed by atoms with Crippen LogP contribution in [0.2, 0.25) is 0 Å². The van der Waals surface area contributed by atoms with Gasteiger partial charge in [-0.1, -0.05) is 0 Å². The minimum atomic E-state index is -1.12. The van der Waals surface area contributed by atoms with Crippen LogP contribution in [0.3, 0.4) is 0 Å². The molecule has 1 aromatic rings. The number of aromatic carboxylic acids is 1. The van der Waals surface area contributed by atoms with E-state index in [1.54, 1.807) is 0 Å². The summed E-state index contributed by atoms with van der Waals surface area (Å²) >= 11 is 0. The predicted molar refractivity (Wildman–Crippen MR) is 55.4 cm³/mol. The van der Waals surface area contributed by atoms with Gasteiger partial charge in [0.15, 0.2) is 5.69 Å². The zero-order valence-electron chi connectivity index (χ0n) is 9.00. The lowest BCUT2D eigenvalue weighted by Crippen LogP contribution is -2.37.